The number of methoxy groups -OCH3 is 1. The van der Waals surface area contributed by atoms with E-state index >= 15 is 0 Å². The lowest BCUT2D eigenvalue weighted by Gasteiger charge is -2.52. The average Bonchev–Trinajstić information content (AvgIpc) is 3.20. The number of esters is 1. The van der Waals surface area contributed by atoms with Crippen LogP contribution < -0.4 is 10.1 Å². The quantitative estimate of drug-likeness (QED) is 0.128. The fourth-order valence-corrected chi connectivity index (χ4v) is 7.94. The van der Waals surface area contributed by atoms with Crippen LogP contribution in [0.25, 0.3) is 0 Å². The highest BCUT2D eigenvalue weighted by Gasteiger charge is 2.58. The van der Waals surface area contributed by atoms with Gasteiger partial charge in [-0.1, -0.05) is 64.9 Å². The number of thioether (sulfide) groups is 1. The highest BCUT2D eigenvalue weighted by atomic mass is 32.2. The number of amides is 1. The van der Waals surface area contributed by atoms with Gasteiger partial charge in [-0.25, -0.2) is 0 Å². The van der Waals surface area contributed by atoms with Crippen LogP contribution in [0.1, 0.15) is 97.1 Å². The summed E-state index contributed by atoms with van der Waals surface area (Å²) in [5.41, 5.74) is 3.25. The van der Waals surface area contributed by atoms with E-state index in [-0.39, 0.29) is 5.97 Å². The summed E-state index contributed by atoms with van der Waals surface area (Å²) in [6, 6.07) is 6.34. The molecule has 0 radical (unpaired) electrons. The first kappa shape index (κ1) is 33.1. The van der Waals surface area contributed by atoms with E-state index in [1.807, 2.05) is 33.9 Å². The van der Waals surface area contributed by atoms with Gasteiger partial charge in [-0.3, -0.25) is 14.6 Å². The second-order valence-electron chi connectivity index (χ2n) is 10.9. The number of nitrogens with one attached hydrogen (secondary N) is 1. The van der Waals surface area contributed by atoms with Crippen molar-refractivity contribution in [3.63, 3.8) is 0 Å². The van der Waals surface area contributed by atoms with Crippen LogP contribution >= 0.6 is 11.8 Å². The molecule has 0 aliphatic heterocycles. The molecular formula is C32H50N2O4S. The predicted octanol–water partition coefficient (Wildman–Crippen LogP) is 7.52. The summed E-state index contributed by atoms with van der Waals surface area (Å²) in [5.74, 6) is 3.48. The molecule has 2 fully saturated rings. The van der Waals surface area contributed by atoms with E-state index < -0.39 is 0 Å². The van der Waals surface area contributed by atoms with Crippen molar-refractivity contribution in [2.45, 2.75) is 98.5 Å². The molecule has 1 aromatic rings. The number of aliphatic imine (C=N–C) groups is 1. The normalized spacial score (nSPS) is 28.7. The molecule has 0 spiro atoms. The number of hydrogen-bond acceptors (Lipinski definition) is 6. The summed E-state index contributed by atoms with van der Waals surface area (Å²) in [6.07, 6.45) is 9.76. The maximum absolute atomic E-state index is 11.3. The van der Waals surface area contributed by atoms with Crippen LogP contribution in [0, 0.1) is 23.2 Å². The molecule has 39 heavy (non-hydrogen) atoms. The highest BCUT2D eigenvalue weighted by Crippen LogP contribution is 2.64. The number of hydrogen-bond donors (Lipinski definition) is 1. The minimum absolute atomic E-state index is 0.240. The lowest BCUT2D eigenvalue weighted by atomic mass is 9.53. The van der Waals surface area contributed by atoms with Crippen LogP contribution in [0.4, 0.5) is 0 Å². The SMILES string of the molecule is C=C(C)SC(=NC)NC=O.CC.CCCC1CC(OC)C2(C)CCC3c4ccc(OC(C)=O)cc4CCC3C12. The molecule has 0 heterocycles. The first-order valence-electron chi connectivity index (χ1n) is 14.5. The van der Waals surface area contributed by atoms with Crippen LogP contribution in [0.3, 0.4) is 0 Å². The van der Waals surface area contributed by atoms with Gasteiger partial charge in [0, 0.05) is 21.1 Å². The molecule has 6 atom stereocenters. The summed E-state index contributed by atoms with van der Waals surface area (Å²) >= 11 is 1.34. The summed E-state index contributed by atoms with van der Waals surface area (Å²) in [6.45, 7) is 15.8. The molecule has 1 aromatic carbocycles. The Morgan fingerprint density at radius 3 is 2.56 bits per heavy atom. The lowest BCUT2D eigenvalue weighted by Crippen LogP contribution is -2.45. The maximum Gasteiger partial charge on any atom is 0.308 e. The van der Waals surface area contributed by atoms with E-state index in [9.17, 15) is 9.59 Å². The summed E-state index contributed by atoms with van der Waals surface area (Å²) < 4.78 is 11.3. The monoisotopic (exact) mass is 558 g/mol. The molecule has 1 N–H and O–H groups in total. The van der Waals surface area contributed by atoms with Crippen molar-refractivity contribution < 1.29 is 19.1 Å². The number of carbonyl (C=O) groups is 2. The number of carbonyl (C=O) groups excluding carboxylic acids is 2. The Hall–Kier alpha value is -2.12. The Morgan fingerprint density at radius 2 is 2.00 bits per heavy atom. The highest BCUT2D eigenvalue weighted by molar-refractivity contribution is 8.17. The number of rotatable bonds is 6. The lowest BCUT2D eigenvalue weighted by molar-refractivity contribution is -0.131. The maximum atomic E-state index is 11.3. The van der Waals surface area contributed by atoms with Crippen molar-refractivity contribution in [1.29, 1.82) is 0 Å². The van der Waals surface area contributed by atoms with Crippen molar-refractivity contribution in [1.82, 2.24) is 5.32 Å². The molecule has 6 nitrogen and oxygen atoms in total. The summed E-state index contributed by atoms with van der Waals surface area (Å²) in [5, 5.41) is 3.01. The minimum atomic E-state index is -0.240. The number of aryl methyl sites for hydroxylation is 1. The van der Waals surface area contributed by atoms with Crippen LogP contribution in [0.2, 0.25) is 0 Å². The van der Waals surface area contributed by atoms with Crippen molar-refractivity contribution in [3.05, 3.63) is 40.8 Å². The Morgan fingerprint density at radius 1 is 1.28 bits per heavy atom. The van der Waals surface area contributed by atoms with E-state index in [1.165, 1.54) is 68.3 Å². The van der Waals surface area contributed by atoms with E-state index in [2.05, 4.69) is 42.9 Å². The number of nitrogens with zero attached hydrogens (tertiary/aromatic N) is 1. The number of fused-ring (bicyclic) bond motifs is 5. The number of allylic oxidation sites excluding steroid dienone is 1. The first-order valence-corrected chi connectivity index (χ1v) is 15.3. The zero-order chi connectivity index (χ0) is 29.2. The number of ether oxygens (including phenoxy) is 2. The molecule has 6 unspecified atom stereocenters. The summed E-state index contributed by atoms with van der Waals surface area (Å²) in [7, 11) is 3.53. The Kier molecular flexibility index (Phi) is 13.2. The standard InChI is InChI=1S/C24H34O3.C6H10N2OS.C2H6/c1-5-6-17-14-22(26-4)24(3)12-11-20-19-10-8-18(27-15(2)25)13-16(19)7-9-21(20)23(17)24;1-5(2)10-6(7-3)8-4-9;1-2/h8,10,13,17,20-23H,5-7,9,11-12,14H2,1-4H3;4H,1H2,2-3H3,(H,7,8,9);1-2H3. The number of benzene rings is 1. The van der Waals surface area contributed by atoms with Crippen LogP contribution in [-0.4, -0.2) is 37.8 Å². The van der Waals surface area contributed by atoms with E-state index in [0.717, 1.165) is 29.1 Å². The third-order valence-corrected chi connectivity index (χ3v) is 9.46. The van der Waals surface area contributed by atoms with Gasteiger partial charge in [0.25, 0.3) is 0 Å². The van der Waals surface area contributed by atoms with Crippen molar-refractivity contribution in [2.75, 3.05) is 14.2 Å². The van der Waals surface area contributed by atoms with Crippen molar-refractivity contribution in [2.24, 2.45) is 28.2 Å². The average molecular weight is 559 g/mol. The molecule has 0 bridgehead atoms. The molecule has 2 saturated carbocycles. The zero-order valence-electron chi connectivity index (χ0n) is 25.3. The van der Waals surface area contributed by atoms with Crippen LogP contribution in [-0.2, 0) is 20.7 Å². The van der Waals surface area contributed by atoms with Crippen molar-refractivity contribution >= 4 is 29.3 Å². The minimum Gasteiger partial charge on any atom is -0.427 e. The Bertz CT molecular complexity index is 1010. The second kappa shape index (κ2) is 15.6. The molecule has 3 aliphatic rings. The van der Waals surface area contributed by atoms with Crippen LogP contribution in [0.15, 0.2) is 34.7 Å². The Balaban J connectivity index is 0.000000378. The summed E-state index contributed by atoms with van der Waals surface area (Å²) in [4.78, 5) is 25.9. The van der Waals surface area contributed by atoms with Gasteiger partial charge >= 0.3 is 5.97 Å². The van der Waals surface area contributed by atoms with Crippen molar-refractivity contribution in [3.8, 4) is 5.75 Å². The third-order valence-electron chi connectivity index (χ3n) is 8.62. The largest absolute Gasteiger partial charge is 0.427 e. The number of amidine groups is 1. The van der Waals surface area contributed by atoms with Gasteiger partial charge in [0.15, 0.2) is 5.17 Å². The molecule has 1 amide bonds. The van der Waals surface area contributed by atoms with E-state index in [4.69, 9.17) is 9.47 Å². The van der Waals surface area contributed by atoms with Gasteiger partial charge < -0.3 is 14.8 Å². The van der Waals surface area contributed by atoms with Gasteiger partial charge in [0.1, 0.15) is 5.75 Å². The molecule has 3 aliphatic carbocycles. The molecule has 7 heteroatoms. The topological polar surface area (TPSA) is 77.0 Å². The van der Waals surface area contributed by atoms with Gasteiger partial charge in [-0.2, -0.15) is 0 Å². The molecule has 0 saturated heterocycles. The Labute approximate surface area is 240 Å². The molecule has 0 aromatic heterocycles. The van der Waals surface area contributed by atoms with Gasteiger partial charge in [0.2, 0.25) is 6.41 Å². The van der Waals surface area contributed by atoms with E-state index in [1.54, 1.807) is 7.05 Å². The van der Waals surface area contributed by atoms with Gasteiger partial charge in [0.05, 0.1) is 6.10 Å². The zero-order valence-corrected chi connectivity index (χ0v) is 26.2. The molecule has 4 rings (SSSR count). The molecule has 218 valence electrons. The third kappa shape index (κ3) is 7.97. The fourth-order valence-electron chi connectivity index (χ4n) is 7.41. The second-order valence-corrected chi connectivity index (χ2v) is 12.2. The van der Waals surface area contributed by atoms with Crippen LogP contribution in [0.5, 0.6) is 5.75 Å². The van der Waals surface area contributed by atoms with E-state index in [0.29, 0.717) is 34.8 Å². The van der Waals surface area contributed by atoms with Gasteiger partial charge in [-0.05, 0) is 96.3 Å². The smallest absolute Gasteiger partial charge is 0.308 e. The molecular weight excluding hydrogens is 508 g/mol. The first-order chi connectivity index (χ1) is 18.7. The fraction of sp³-hybridized carbons (Fsp3) is 0.656. The predicted molar refractivity (Wildman–Crippen MR) is 163 cm³/mol. The van der Waals surface area contributed by atoms with Gasteiger partial charge in [-0.15, -0.1) is 0 Å².